The normalized spacial score (nSPS) is 11.7. The van der Waals surface area contributed by atoms with Crippen molar-refractivity contribution in [3.63, 3.8) is 0 Å². The van der Waals surface area contributed by atoms with E-state index in [1.54, 1.807) is 19.2 Å². The largest absolute Gasteiger partial charge is 0.493 e. The van der Waals surface area contributed by atoms with Crippen LogP contribution in [0.1, 0.15) is 42.2 Å². The zero-order valence-corrected chi connectivity index (χ0v) is 15.7. The molecule has 0 aliphatic rings. The molecule has 1 amide bonds. The van der Waals surface area contributed by atoms with E-state index in [1.165, 1.54) is 0 Å². The van der Waals surface area contributed by atoms with E-state index in [-0.39, 0.29) is 11.9 Å². The number of hydrogen-bond acceptors (Lipinski definition) is 3. The van der Waals surface area contributed by atoms with Gasteiger partial charge in [0.05, 0.1) is 24.2 Å². The van der Waals surface area contributed by atoms with E-state index < -0.39 is 0 Å². The molecular formula is C19H22BrNO3. The molecule has 128 valence electrons. The molecule has 0 aromatic heterocycles. The zero-order valence-electron chi connectivity index (χ0n) is 14.1. The summed E-state index contributed by atoms with van der Waals surface area (Å²) in [6, 6.07) is 13.2. The molecule has 0 aliphatic heterocycles. The maximum absolute atomic E-state index is 12.5. The number of amides is 1. The molecule has 0 spiro atoms. The van der Waals surface area contributed by atoms with E-state index in [0.29, 0.717) is 28.1 Å². The summed E-state index contributed by atoms with van der Waals surface area (Å²) in [5, 5.41) is 3.00. The highest BCUT2D eigenvalue weighted by atomic mass is 79.9. The third kappa shape index (κ3) is 4.51. The van der Waals surface area contributed by atoms with Crippen LogP contribution >= 0.6 is 15.9 Å². The molecule has 4 nitrogen and oxygen atoms in total. The summed E-state index contributed by atoms with van der Waals surface area (Å²) in [5.41, 5.74) is 1.57. The average Bonchev–Trinajstić information content (AvgIpc) is 2.60. The van der Waals surface area contributed by atoms with Gasteiger partial charge in [-0.15, -0.1) is 0 Å². The minimum Gasteiger partial charge on any atom is -0.493 e. The van der Waals surface area contributed by atoms with Gasteiger partial charge < -0.3 is 14.8 Å². The van der Waals surface area contributed by atoms with Crippen LogP contribution in [0.3, 0.4) is 0 Å². The lowest BCUT2D eigenvalue weighted by atomic mass is 10.1. The molecule has 0 saturated carbocycles. The van der Waals surface area contributed by atoms with E-state index in [2.05, 4.69) is 21.2 Å². The Hall–Kier alpha value is -2.01. The fraction of sp³-hybridized carbons (Fsp3) is 0.316. The van der Waals surface area contributed by atoms with Crippen molar-refractivity contribution in [2.45, 2.75) is 26.3 Å². The second kappa shape index (κ2) is 8.73. The summed E-state index contributed by atoms with van der Waals surface area (Å²) in [6.07, 6.45) is 0.895. The molecule has 0 radical (unpaired) electrons. The lowest BCUT2D eigenvalue weighted by Crippen LogP contribution is -2.26. The molecule has 1 atom stereocenters. The lowest BCUT2D eigenvalue weighted by Gasteiger charge is -2.17. The molecular weight excluding hydrogens is 370 g/mol. The zero-order chi connectivity index (χ0) is 17.5. The van der Waals surface area contributed by atoms with Gasteiger partial charge in [0.15, 0.2) is 11.5 Å². The van der Waals surface area contributed by atoms with Crippen molar-refractivity contribution in [3.8, 4) is 11.5 Å². The van der Waals surface area contributed by atoms with Gasteiger partial charge in [-0.1, -0.05) is 37.3 Å². The molecule has 0 unspecified atom stereocenters. The number of carbonyl (C=O) groups excluding carboxylic acids is 1. The second-order valence-electron chi connectivity index (χ2n) is 5.44. The molecule has 1 N–H and O–H groups in total. The standard InChI is InChI=1S/C19H22BrNO3/c1-4-10-24-18-16(20)11-15(12-17(18)23-3)19(22)21-13(2)14-8-6-5-7-9-14/h5-9,11-13H,4,10H2,1-3H3,(H,21,22)/t13-/m0/s1. The van der Waals surface area contributed by atoms with Crippen LogP contribution in [0.15, 0.2) is 46.9 Å². The Morgan fingerprint density at radius 2 is 1.96 bits per heavy atom. The van der Waals surface area contributed by atoms with Crippen molar-refractivity contribution in [1.29, 1.82) is 0 Å². The number of benzene rings is 2. The number of nitrogens with one attached hydrogen (secondary N) is 1. The number of carbonyl (C=O) groups is 1. The molecule has 2 aromatic rings. The number of methoxy groups -OCH3 is 1. The summed E-state index contributed by atoms with van der Waals surface area (Å²) in [6.45, 7) is 4.58. The minimum absolute atomic E-state index is 0.0838. The number of ether oxygens (including phenoxy) is 2. The predicted molar refractivity (Wildman–Crippen MR) is 98.8 cm³/mol. The third-order valence-corrected chi connectivity index (χ3v) is 4.18. The summed E-state index contributed by atoms with van der Waals surface area (Å²) >= 11 is 3.46. The average molecular weight is 392 g/mol. The highest BCUT2D eigenvalue weighted by Gasteiger charge is 2.17. The van der Waals surface area contributed by atoms with E-state index in [4.69, 9.17) is 9.47 Å². The van der Waals surface area contributed by atoms with Gasteiger partial charge in [0.2, 0.25) is 0 Å². The molecule has 24 heavy (non-hydrogen) atoms. The van der Waals surface area contributed by atoms with Crippen molar-refractivity contribution in [2.24, 2.45) is 0 Å². The summed E-state index contributed by atoms with van der Waals surface area (Å²) < 4.78 is 11.8. The molecule has 0 aliphatic carbocycles. The Morgan fingerprint density at radius 3 is 2.58 bits per heavy atom. The van der Waals surface area contributed by atoms with Gasteiger partial charge in [-0.25, -0.2) is 0 Å². The maximum atomic E-state index is 12.5. The van der Waals surface area contributed by atoms with E-state index in [9.17, 15) is 4.79 Å². The third-order valence-electron chi connectivity index (χ3n) is 3.59. The smallest absolute Gasteiger partial charge is 0.251 e. The molecule has 0 fully saturated rings. The van der Waals surface area contributed by atoms with Gasteiger partial charge in [-0.05, 0) is 47.0 Å². The van der Waals surface area contributed by atoms with Crippen LogP contribution in [0.25, 0.3) is 0 Å². The van der Waals surface area contributed by atoms with Crippen LogP contribution in [-0.4, -0.2) is 19.6 Å². The van der Waals surface area contributed by atoms with Gasteiger partial charge >= 0.3 is 0 Å². The van der Waals surface area contributed by atoms with Crippen LogP contribution in [0, 0.1) is 0 Å². The summed E-state index contributed by atoms with van der Waals surface area (Å²) in [4.78, 5) is 12.5. The highest BCUT2D eigenvalue weighted by Crippen LogP contribution is 2.36. The number of halogens is 1. The fourth-order valence-corrected chi connectivity index (χ4v) is 2.86. The van der Waals surface area contributed by atoms with Crippen molar-refractivity contribution < 1.29 is 14.3 Å². The Balaban J connectivity index is 2.19. The first-order valence-corrected chi connectivity index (χ1v) is 8.72. The second-order valence-corrected chi connectivity index (χ2v) is 6.30. The van der Waals surface area contributed by atoms with Crippen LogP contribution < -0.4 is 14.8 Å². The Kier molecular flexibility index (Phi) is 6.67. The van der Waals surface area contributed by atoms with Gasteiger partial charge in [0.25, 0.3) is 5.91 Å². The first kappa shape index (κ1) is 18.3. The van der Waals surface area contributed by atoms with Gasteiger partial charge in [-0.2, -0.15) is 0 Å². The van der Waals surface area contributed by atoms with E-state index in [1.807, 2.05) is 44.2 Å². The first-order chi connectivity index (χ1) is 11.6. The predicted octanol–water partition coefficient (Wildman–Crippen LogP) is 4.74. The minimum atomic E-state index is -0.160. The highest BCUT2D eigenvalue weighted by molar-refractivity contribution is 9.10. The van der Waals surface area contributed by atoms with E-state index in [0.717, 1.165) is 12.0 Å². The number of hydrogen-bond donors (Lipinski definition) is 1. The monoisotopic (exact) mass is 391 g/mol. The van der Waals surface area contributed by atoms with Crippen molar-refractivity contribution >= 4 is 21.8 Å². The van der Waals surface area contributed by atoms with E-state index >= 15 is 0 Å². The summed E-state index contributed by atoms with van der Waals surface area (Å²) in [7, 11) is 1.56. The van der Waals surface area contributed by atoms with Crippen LogP contribution in [0.5, 0.6) is 11.5 Å². The molecule has 0 bridgehead atoms. The summed E-state index contributed by atoms with van der Waals surface area (Å²) in [5.74, 6) is 0.995. The SMILES string of the molecule is CCCOc1c(Br)cc(C(=O)N[C@@H](C)c2ccccc2)cc1OC. The molecule has 0 heterocycles. The van der Waals surface area contributed by atoms with Gasteiger partial charge in [-0.3, -0.25) is 4.79 Å². The lowest BCUT2D eigenvalue weighted by molar-refractivity contribution is 0.0939. The van der Waals surface area contributed by atoms with Gasteiger partial charge in [0, 0.05) is 5.56 Å². The molecule has 2 aromatic carbocycles. The Labute approximate surface area is 151 Å². The molecule has 2 rings (SSSR count). The van der Waals surface area contributed by atoms with Crippen LogP contribution in [-0.2, 0) is 0 Å². The maximum Gasteiger partial charge on any atom is 0.251 e. The van der Waals surface area contributed by atoms with Crippen molar-refractivity contribution in [1.82, 2.24) is 5.32 Å². The van der Waals surface area contributed by atoms with Gasteiger partial charge in [0.1, 0.15) is 0 Å². The Morgan fingerprint density at radius 1 is 1.25 bits per heavy atom. The molecule has 0 saturated heterocycles. The van der Waals surface area contributed by atoms with Crippen LogP contribution in [0.4, 0.5) is 0 Å². The van der Waals surface area contributed by atoms with Crippen LogP contribution in [0.2, 0.25) is 0 Å². The van der Waals surface area contributed by atoms with Crippen molar-refractivity contribution in [3.05, 3.63) is 58.1 Å². The molecule has 5 heteroatoms. The first-order valence-electron chi connectivity index (χ1n) is 7.93. The quantitative estimate of drug-likeness (QED) is 0.741. The topological polar surface area (TPSA) is 47.6 Å². The Bertz CT molecular complexity index is 689. The number of rotatable bonds is 7. The van der Waals surface area contributed by atoms with Crippen molar-refractivity contribution in [2.75, 3.05) is 13.7 Å². The fourth-order valence-electron chi connectivity index (χ4n) is 2.30.